The molecule has 0 radical (unpaired) electrons. The van der Waals surface area contributed by atoms with Crippen LogP contribution in [0.5, 0.6) is 0 Å². The second kappa shape index (κ2) is 13.0. The summed E-state index contributed by atoms with van der Waals surface area (Å²) < 4.78 is 5.17. The molecule has 3 rings (SSSR count). The molecule has 0 aliphatic carbocycles. The van der Waals surface area contributed by atoms with Crippen molar-refractivity contribution in [3.8, 4) is 0 Å². The van der Waals surface area contributed by atoms with Crippen LogP contribution in [0.25, 0.3) is 0 Å². The summed E-state index contributed by atoms with van der Waals surface area (Å²) in [6.45, 7) is 1.62. The zero-order valence-corrected chi connectivity index (χ0v) is 19.4. The normalized spacial score (nSPS) is 11.7. The molecular formula is C24H28N2O4S2. The van der Waals surface area contributed by atoms with Crippen LogP contribution in [0, 0.1) is 0 Å². The van der Waals surface area contributed by atoms with Crippen molar-refractivity contribution < 1.29 is 19.4 Å². The zero-order chi connectivity index (χ0) is 22.6. The quantitative estimate of drug-likeness (QED) is 0.371. The summed E-state index contributed by atoms with van der Waals surface area (Å²) in [6.07, 6.45) is -0.0338. The molecule has 0 fully saturated rings. The molecule has 2 amide bonds. The molecule has 0 unspecified atom stereocenters. The Labute approximate surface area is 196 Å². The molecule has 2 aromatic heterocycles. The monoisotopic (exact) mass is 472 g/mol. The van der Waals surface area contributed by atoms with Crippen molar-refractivity contribution in [2.45, 2.75) is 45.0 Å². The highest BCUT2D eigenvalue weighted by molar-refractivity contribution is 7.10. The largest absolute Gasteiger partial charge is 0.450 e. The predicted molar refractivity (Wildman–Crippen MR) is 127 cm³/mol. The van der Waals surface area contributed by atoms with E-state index in [1.807, 2.05) is 65.4 Å². The number of hydrogen-bond acceptors (Lipinski definition) is 6. The van der Waals surface area contributed by atoms with Crippen LogP contribution < -0.4 is 5.32 Å². The van der Waals surface area contributed by atoms with Gasteiger partial charge >= 0.3 is 6.09 Å². The summed E-state index contributed by atoms with van der Waals surface area (Å²) in [5.74, 6) is -0.270. The molecule has 1 atom stereocenters. The number of nitrogens with zero attached hydrogens (tertiary/aromatic N) is 1. The van der Waals surface area contributed by atoms with E-state index in [0.29, 0.717) is 38.9 Å². The number of thiophene rings is 2. The van der Waals surface area contributed by atoms with Crippen molar-refractivity contribution in [2.75, 3.05) is 6.61 Å². The summed E-state index contributed by atoms with van der Waals surface area (Å²) in [5, 5.41) is 17.1. The molecule has 32 heavy (non-hydrogen) atoms. The van der Waals surface area contributed by atoms with Crippen LogP contribution in [0.15, 0.2) is 65.4 Å². The van der Waals surface area contributed by atoms with Crippen LogP contribution in [0.1, 0.15) is 34.6 Å². The van der Waals surface area contributed by atoms with Crippen LogP contribution in [0.4, 0.5) is 4.79 Å². The van der Waals surface area contributed by atoms with Crippen molar-refractivity contribution >= 4 is 34.7 Å². The number of hydrogen-bond donors (Lipinski definition) is 2. The highest BCUT2D eigenvalue weighted by Crippen LogP contribution is 2.19. The van der Waals surface area contributed by atoms with E-state index in [2.05, 4.69) is 5.32 Å². The van der Waals surface area contributed by atoms with Crippen LogP contribution >= 0.6 is 22.7 Å². The maximum absolute atomic E-state index is 12.9. The summed E-state index contributed by atoms with van der Waals surface area (Å²) in [7, 11) is 0. The Bertz CT molecular complexity index is 894. The Morgan fingerprint density at radius 3 is 2.19 bits per heavy atom. The smallest absolute Gasteiger partial charge is 0.407 e. The van der Waals surface area contributed by atoms with E-state index in [0.717, 1.165) is 15.3 Å². The Morgan fingerprint density at radius 1 is 0.938 bits per heavy atom. The van der Waals surface area contributed by atoms with Gasteiger partial charge in [0.1, 0.15) is 6.10 Å². The van der Waals surface area contributed by atoms with Gasteiger partial charge in [0, 0.05) is 16.3 Å². The Kier molecular flexibility index (Phi) is 9.74. The van der Waals surface area contributed by atoms with Gasteiger partial charge in [-0.1, -0.05) is 42.5 Å². The minimum absolute atomic E-state index is 0.246. The summed E-state index contributed by atoms with van der Waals surface area (Å²) >= 11 is 3.19. The van der Waals surface area contributed by atoms with E-state index < -0.39 is 12.2 Å². The highest BCUT2D eigenvalue weighted by Gasteiger charge is 2.23. The van der Waals surface area contributed by atoms with Gasteiger partial charge in [-0.3, -0.25) is 4.79 Å². The molecule has 0 spiro atoms. The number of rotatable bonds is 12. The van der Waals surface area contributed by atoms with Crippen molar-refractivity contribution in [1.82, 2.24) is 10.2 Å². The molecule has 6 nitrogen and oxygen atoms in total. The Hall–Kier alpha value is -2.68. The van der Waals surface area contributed by atoms with Gasteiger partial charge in [-0.2, -0.15) is 0 Å². The van der Waals surface area contributed by atoms with Crippen molar-refractivity contribution in [3.63, 3.8) is 0 Å². The molecule has 0 saturated heterocycles. The number of alkyl carbamates (subject to hydrolysis) is 1. The van der Waals surface area contributed by atoms with Crippen molar-refractivity contribution in [2.24, 2.45) is 0 Å². The van der Waals surface area contributed by atoms with Gasteiger partial charge in [-0.15, -0.1) is 22.7 Å². The molecule has 8 heteroatoms. The fraction of sp³-hybridized carbons (Fsp3) is 0.333. The molecule has 2 N–H and O–H groups in total. The molecule has 2 heterocycles. The third-order valence-corrected chi connectivity index (χ3v) is 6.56. The van der Waals surface area contributed by atoms with E-state index in [9.17, 15) is 14.7 Å². The maximum Gasteiger partial charge on any atom is 0.407 e. The van der Waals surface area contributed by atoms with E-state index >= 15 is 0 Å². The molecular weight excluding hydrogens is 444 g/mol. The van der Waals surface area contributed by atoms with E-state index in [1.165, 1.54) is 0 Å². The van der Waals surface area contributed by atoms with Gasteiger partial charge in [0.25, 0.3) is 5.91 Å². The standard InChI is InChI=1S/C24H28N2O4S2/c27-22(12-4-5-13-30-24(29)25-16-19-8-2-1-3-9-19)23(28)26(17-20-10-6-14-31-20)18-21-11-7-15-32-21/h1-3,6-11,14-15,22,27H,4-5,12-13,16-18H2,(H,25,29)/t22-/m0/s1. The minimum Gasteiger partial charge on any atom is -0.450 e. The number of amides is 2. The number of nitrogens with one attached hydrogen (secondary N) is 1. The van der Waals surface area contributed by atoms with Gasteiger partial charge < -0.3 is 20.1 Å². The zero-order valence-electron chi connectivity index (χ0n) is 17.8. The average Bonchev–Trinajstić information content (AvgIpc) is 3.51. The lowest BCUT2D eigenvalue weighted by Gasteiger charge is -2.24. The average molecular weight is 473 g/mol. The number of aliphatic hydroxyl groups excluding tert-OH is 1. The molecule has 3 aromatic rings. The molecule has 0 bridgehead atoms. The van der Waals surface area contributed by atoms with Gasteiger partial charge in [-0.25, -0.2) is 4.79 Å². The Balaban J connectivity index is 1.37. The second-order valence-electron chi connectivity index (χ2n) is 7.34. The van der Waals surface area contributed by atoms with E-state index in [4.69, 9.17) is 4.74 Å². The number of unbranched alkanes of at least 4 members (excludes halogenated alkanes) is 1. The number of aliphatic hydroxyl groups is 1. The third-order valence-electron chi connectivity index (χ3n) is 4.84. The van der Waals surface area contributed by atoms with E-state index in [-0.39, 0.29) is 12.5 Å². The van der Waals surface area contributed by atoms with Gasteiger partial charge in [0.2, 0.25) is 0 Å². The minimum atomic E-state index is -1.07. The lowest BCUT2D eigenvalue weighted by molar-refractivity contribution is -0.141. The van der Waals surface area contributed by atoms with Crippen molar-refractivity contribution in [3.05, 3.63) is 80.7 Å². The van der Waals surface area contributed by atoms with Crippen LogP contribution in [0.3, 0.4) is 0 Å². The number of carbonyl (C=O) groups excluding carboxylic acids is 2. The van der Waals surface area contributed by atoms with Gasteiger partial charge in [-0.05, 0) is 47.7 Å². The molecule has 0 saturated carbocycles. The van der Waals surface area contributed by atoms with Crippen LogP contribution in [-0.2, 0) is 29.2 Å². The fourth-order valence-electron chi connectivity index (χ4n) is 3.15. The van der Waals surface area contributed by atoms with Gasteiger partial charge in [0.15, 0.2) is 0 Å². The number of ether oxygens (including phenoxy) is 1. The first-order valence-electron chi connectivity index (χ1n) is 10.6. The lowest BCUT2D eigenvalue weighted by atomic mass is 10.1. The first-order valence-corrected chi connectivity index (χ1v) is 12.3. The number of benzene rings is 1. The van der Waals surface area contributed by atoms with Crippen molar-refractivity contribution in [1.29, 1.82) is 0 Å². The lowest BCUT2D eigenvalue weighted by Crippen LogP contribution is -2.38. The predicted octanol–water partition coefficient (Wildman–Crippen LogP) is 4.80. The molecule has 0 aliphatic rings. The first kappa shape index (κ1) is 24.0. The highest BCUT2D eigenvalue weighted by atomic mass is 32.1. The molecule has 0 aliphatic heterocycles. The fourth-order valence-corrected chi connectivity index (χ4v) is 4.59. The van der Waals surface area contributed by atoms with E-state index in [1.54, 1.807) is 27.6 Å². The molecule has 170 valence electrons. The first-order chi connectivity index (χ1) is 15.6. The number of carbonyl (C=O) groups is 2. The van der Waals surface area contributed by atoms with Crippen LogP contribution in [0.2, 0.25) is 0 Å². The third kappa shape index (κ3) is 8.11. The summed E-state index contributed by atoms with van der Waals surface area (Å²) in [6, 6.07) is 17.5. The summed E-state index contributed by atoms with van der Waals surface area (Å²) in [5.41, 5.74) is 1.00. The maximum atomic E-state index is 12.9. The SMILES string of the molecule is O=C(NCc1ccccc1)OCCCC[C@H](O)C(=O)N(Cc1cccs1)Cc1cccs1. The van der Waals surface area contributed by atoms with Crippen LogP contribution in [-0.4, -0.2) is 34.7 Å². The second-order valence-corrected chi connectivity index (χ2v) is 9.40. The molecule has 1 aromatic carbocycles. The van der Waals surface area contributed by atoms with Gasteiger partial charge in [0.05, 0.1) is 19.7 Å². The summed E-state index contributed by atoms with van der Waals surface area (Å²) in [4.78, 5) is 28.5. The topological polar surface area (TPSA) is 78.9 Å². The Morgan fingerprint density at radius 2 is 1.59 bits per heavy atom.